The van der Waals surface area contributed by atoms with E-state index in [1.807, 2.05) is 30.3 Å². The third-order valence-electron chi connectivity index (χ3n) is 5.18. The molecule has 1 amide bonds. The Hall–Kier alpha value is -3.86. The Morgan fingerprint density at radius 3 is 2.50 bits per heavy atom. The van der Waals surface area contributed by atoms with E-state index in [0.717, 1.165) is 17.1 Å². The molecule has 1 heterocycles. The van der Waals surface area contributed by atoms with E-state index in [4.69, 9.17) is 4.98 Å². The molecule has 32 heavy (non-hydrogen) atoms. The molecule has 0 radical (unpaired) electrons. The summed E-state index contributed by atoms with van der Waals surface area (Å²) < 4.78 is 13.8. The molecule has 0 aliphatic rings. The molecule has 0 bridgehead atoms. The van der Waals surface area contributed by atoms with E-state index in [0.29, 0.717) is 24.0 Å². The minimum Gasteiger partial charge on any atom is -0.348 e. The first-order valence-electron chi connectivity index (χ1n) is 10.5. The second-order valence-corrected chi connectivity index (χ2v) is 7.78. The Labute approximate surface area is 187 Å². The van der Waals surface area contributed by atoms with Gasteiger partial charge in [-0.25, -0.2) is 14.4 Å². The van der Waals surface area contributed by atoms with E-state index in [2.05, 4.69) is 35.4 Å². The van der Waals surface area contributed by atoms with Gasteiger partial charge in [0.15, 0.2) is 0 Å². The third-order valence-corrected chi connectivity index (χ3v) is 5.18. The molecule has 0 spiro atoms. The van der Waals surface area contributed by atoms with Crippen LogP contribution in [0.3, 0.4) is 0 Å². The third kappa shape index (κ3) is 5.64. The normalized spacial score (nSPS) is 10.7. The van der Waals surface area contributed by atoms with Crippen molar-refractivity contribution in [2.24, 2.45) is 0 Å². The minimum atomic E-state index is -0.327. The fourth-order valence-corrected chi connectivity index (χ4v) is 3.58. The van der Waals surface area contributed by atoms with Crippen molar-refractivity contribution in [3.63, 3.8) is 0 Å². The predicted molar refractivity (Wildman–Crippen MR) is 123 cm³/mol. The van der Waals surface area contributed by atoms with Gasteiger partial charge < -0.3 is 5.32 Å². The highest BCUT2D eigenvalue weighted by Crippen LogP contribution is 2.13. The molecule has 0 aliphatic carbocycles. The average molecular weight is 426 g/mol. The van der Waals surface area contributed by atoms with E-state index in [9.17, 15) is 9.18 Å². The zero-order chi connectivity index (χ0) is 22.3. The number of hydrogen-bond donors (Lipinski definition) is 1. The summed E-state index contributed by atoms with van der Waals surface area (Å²) in [6, 6.07) is 24.1. The quantitative estimate of drug-likeness (QED) is 0.452. The Morgan fingerprint density at radius 1 is 0.906 bits per heavy atom. The number of rotatable bonds is 7. The molecule has 4 rings (SSSR count). The van der Waals surface area contributed by atoms with E-state index in [1.54, 1.807) is 30.5 Å². The lowest BCUT2D eigenvalue weighted by molar-refractivity contribution is 0.0950. The van der Waals surface area contributed by atoms with Gasteiger partial charge in [-0.15, -0.1) is 0 Å². The highest BCUT2D eigenvalue weighted by molar-refractivity contribution is 5.94. The summed E-state index contributed by atoms with van der Waals surface area (Å²) in [6.45, 7) is 2.21. The van der Waals surface area contributed by atoms with Gasteiger partial charge in [0.05, 0.1) is 0 Å². The number of aryl methyl sites for hydroxylation is 1. The zero-order valence-corrected chi connectivity index (χ0v) is 17.9. The maximum absolute atomic E-state index is 13.8. The SMILES string of the molecule is Cc1cccc(Cc2nccc(Cc3cccc(C(=O)NCc4ccccc4F)c3)n2)c1. The van der Waals surface area contributed by atoms with Crippen LogP contribution < -0.4 is 5.32 Å². The summed E-state index contributed by atoms with van der Waals surface area (Å²) in [7, 11) is 0. The van der Waals surface area contributed by atoms with Crippen molar-refractivity contribution in [2.75, 3.05) is 0 Å². The number of aromatic nitrogens is 2. The van der Waals surface area contributed by atoms with Crippen molar-refractivity contribution < 1.29 is 9.18 Å². The zero-order valence-electron chi connectivity index (χ0n) is 17.9. The Bertz CT molecular complexity index is 1240. The van der Waals surface area contributed by atoms with Crippen LogP contribution in [0.4, 0.5) is 4.39 Å². The van der Waals surface area contributed by atoms with Gasteiger partial charge in [-0.2, -0.15) is 0 Å². The fourth-order valence-electron chi connectivity index (χ4n) is 3.58. The van der Waals surface area contributed by atoms with Crippen molar-refractivity contribution >= 4 is 5.91 Å². The van der Waals surface area contributed by atoms with Crippen LogP contribution in [0.25, 0.3) is 0 Å². The van der Waals surface area contributed by atoms with Gasteiger partial charge in [0.25, 0.3) is 5.91 Å². The molecule has 5 heteroatoms. The lowest BCUT2D eigenvalue weighted by atomic mass is 10.1. The number of amides is 1. The first-order valence-corrected chi connectivity index (χ1v) is 10.5. The summed E-state index contributed by atoms with van der Waals surface area (Å²) >= 11 is 0. The van der Waals surface area contributed by atoms with Gasteiger partial charge in [0.1, 0.15) is 11.6 Å². The molecule has 0 fully saturated rings. The topological polar surface area (TPSA) is 54.9 Å². The summed E-state index contributed by atoms with van der Waals surface area (Å²) in [5, 5.41) is 2.78. The van der Waals surface area contributed by atoms with Crippen LogP contribution in [0.5, 0.6) is 0 Å². The standard InChI is InChI=1S/C27H24FN3O/c1-19-6-4-7-20(14-19)17-26-29-13-12-24(31-26)16-21-8-5-10-22(15-21)27(32)30-18-23-9-2-3-11-25(23)28/h2-15H,16-18H2,1H3,(H,30,32). The number of hydrogen-bond acceptors (Lipinski definition) is 3. The second kappa shape index (κ2) is 9.96. The number of carbonyl (C=O) groups excluding carboxylic acids is 1. The molecule has 0 unspecified atom stereocenters. The lowest BCUT2D eigenvalue weighted by Crippen LogP contribution is -2.23. The largest absolute Gasteiger partial charge is 0.348 e. The maximum Gasteiger partial charge on any atom is 0.251 e. The van der Waals surface area contributed by atoms with E-state index >= 15 is 0 Å². The van der Waals surface area contributed by atoms with Crippen molar-refractivity contribution in [1.82, 2.24) is 15.3 Å². The van der Waals surface area contributed by atoms with Crippen molar-refractivity contribution in [3.05, 3.63) is 130 Å². The second-order valence-electron chi connectivity index (χ2n) is 7.78. The Balaban J connectivity index is 1.42. The van der Waals surface area contributed by atoms with Gasteiger partial charge in [-0.05, 0) is 42.3 Å². The number of carbonyl (C=O) groups is 1. The molecule has 160 valence electrons. The molecule has 4 aromatic rings. The molecule has 0 saturated heterocycles. The highest BCUT2D eigenvalue weighted by Gasteiger charge is 2.09. The van der Waals surface area contributed by atoms with E-state index in [1.165, 1.54) is 17.2 Å². The molecule has 3 aromatic carbocycles. The molecular formula is C27H24FN3O. The summed E-state index contributed by atoms with van der Waals surface area (Å²) in [4.78, 5) is 21.7. The first-order chi connectivity index (χ1) is 15.6. The van der Waals surface area contributed by atoms with Crippen LogP contribution in [-0.4, -0.2) is 15.9 Å². The van der Waals surface area contributed by atoms with Crippen molar-refractivity contribution in [1.29, 1.82) is 0 Å². The summed E-state index contributed by atoms with van der Waals surface area (Å²) in [5.41, 5.74) is 5.25. The van der Waals surface area contributed by atoms with Crippen LogP contribution in [0.1, 0.15) is 44.1 Å². The van der Waals surface area contributed by atoms with Gasteiger partial charge in [0, 0.05) is 42.4 Å². The number of nitrogens with one attached hydrogen (secondary N) is 1. The molecule has 0 atom stereocenters. The van der Waals surface area contributed by atoms with E-state index in [-0.39, 0.29) is 18.3 Å². The van der Waals surface area contributed by atoms with Crippen LogP contribution in [-0.2, 0) is 19.4 Å². The van der Waals surface area contributed by atoms with Crippen LogP contribution in [0.2, 0.25) is 0 Å². The summed E-state index contributed by atoms with van der Waals surface area (Å²) in [5.74, 6) is 0.205. The van der Waals surface area contributed by atoms with Crippen molar-refractivity contribution in [2.45, 2.75) is 26.3 Å². The number of nitrogens with zero attached hydrogens (tertiary/aromatic N) is 2. The van der Waals surface area contributed by atoms with Crippen molar-refractivity contribution in [3.8, 4) is 0 Å². The van der Waals surface area contributed by atoms with Gasteiger partial charge >= 0.3 is 0 Å². The fraction of sp³-hybridized carbons (Fsp3) is 0.148. The Morgan fingerprint density at radius 2 is 1.69 bits per heavy atom. The molecule has 1 aromatic heterocycles. The average Bonchev–Trinajstić information content (AvgIpc) is 2.79. The smallest absolute Gasteiger partial charge is 0.251 e. The van der Waals surface area contributed by atoms with Gasteiger partial charge in [0.2, 0.25) is 0 Å². The minimum absolute atomic E-state index is 0.143. The summed E-state index contributed by atoms with van der Waals surface area (Å²) in [6.07, 6.45) is 3.05. The van der Waals surface area contributed by atoms with Gasteiger partial charge in [-0.3, -0.25) is 4.79 Å². The van der Waals surface area contributed by atoms with Gasteiger partial charge in [-0.1, -0.05) is 60.2 Å². The monoisotopic (exact) mass is 425 g/mol. The maximum atomic E-state index is 13.8. The predicted octanol–water partition coefficient (Wildman–Crippen LogP) is 5.04. The molecule has 0 aliphatic heterocycles. The highest BCUT2D eigenvalue weighted by atomic mass is 19.1. The van der Waals surface area contributed by atoms with Crippen LogP contribution >= 0.6 is 0 Å². The first kappa shape index (κ1) is 21.4. The lowest BCUT2D eigenvalue weighted by Gasteiger charge is -2.09. The van der Waals surface area contributed by atoms with Crippen LogP contribution in [0, 0.1) is 12.7 Å². The Kier molecular flexibility index (Phi) is 6.66. The molecule has 1 N–H and O–H groups in total. The van der Waals surface area contributed by atoms with E-state index < -0.39 is 0 Å². The molecule has 0 saturated carbocycles. The number of benzene rings is 3. The molecular weight excluding hydrogens is 401 g/mol. The molecule has 4 nitrogen and oxygen atoms in total. The van der Waals surface area contributed by atoms with Crippen LogP contribution in [0.15, 0.2) is 85.1 Å². The number of halogens is 1.